The predicted molar refractivity (Wildman–Crippen MR) is 103 cm³/mol. The van der Waals surface area contributed by atoms with Crippen molar-refractivity contribution in [2.24, 2.45) is 4.99 Å². The number of hydrogen-bond acceptors (Lipinski definition) is 4. The van der Waals surface area contributed by atoms with E-state index in [9.17, 15) is 5.11 Å². The molecule has 1 aliphatic rings. The first-order chi connectivity index (χ1) is 11.6. The van der Waals surface area contributed by atoms with Crippen LogP contribution in [0.25, 0.3) is 0 Å². The van der Waals surface area contributed by atoms with Crippen LogP contribution in [0, 0.1) is 0 Å². The van der Waals surface area contributed by atoms with Crippen molar-refractivity contribution in [3.05, 3.63) is 22.4 Å². The van der Waals surface area contributed by atoms with Crippen LogP contribution in [0.15, 0.2) is 22.5 Å². The minimum absolute atomic E-state index is 0.352. The van der Waals surface area contributed by atoms with Crippen molar-refractivity contribution in [1.82, 2.24) is 15.5 Å². The van der Waals surface area contributed by atoms with E-state index in [-0.39, 0.29) is 0 Å². The molecule has 1 aromatic heterocycles. The molecule has 2 rings (SSSR count). The molecule has 1 saturated heterocycles. The molecule has 1 aliphatic heterocycles. The number of thiophene rings is 1. The maximum atomic E-state index is 10.6. The quantitative estimate of drug-likeness (QED) is 0.521. The van der Waals surface area contributed by atoms with Gasteiger partial charge in [-0.05, 0) is 51.2 Å². The molecule has 6 heteroatoms. The Morgan fingerprint density at radius 1 is 1.42 bits per heavy atom. The van der Waals surface area contributed by atoms with Gasteiger partial charge in [0.25, 0.3) is 0 Å². The molecule has 0 aromatic carbocycles. The average molecular weight is 353 g/mol. The molecule has 0 spiro atoms. The van der Waals surface area contributed by atoms with Crippen LogP contribution in [0.4, 0.5) is 0 Å². The van der Waals surface area contributed by atoms with Gasteiger partial charge in [-0.25, -0.2) is 4.99 Å². The number of nitrogens with one attached hydrogen (secondary N) is 2. The standard InChI is InChI=1S/C18H32N4OS/c1-4-19-17(20-13-15-9-6-7-11-22(15)5-2)21-14-18(3,23)16-10-8-12-24-16/h8,10,12,15,23H,4-7,9,11,13-14H2,1-3H3,(H2,19,20,21). The largest absolute Gasteiger partial charge is 0.383 e. The summed E-state index contributed by atoms with van der Waals surface area (Å²) in [5.41, 5.74) is -0.920. The Labute approximate surface area is 150 Å². The van der Waals surface area contributed by atoms with Gasteiger partial charge in [-0.2, -0.15) is 0 Å². The maximum absolute atomic E-state index is 10.6. The average Bonchev–Trinajstić information content (AvgIpc) is 3.13. The van der Waals surface area contributed by atoms with Gasteiger partial charge in [0.05, 0.1) is 6.54 Å². The molecule has 1 fully saturated rings. The summed E-state index contributed by atoms with van der Waals surface area (Å²) in [6.45, 7) is 10.5. The van der Waals surface area contributed by atoms with E-state index in [4.69, 9.17) is 0 Å². The van der Waals surface area contributed by atoms with Gasteiger partial charge in [0.1, 0.15) is 5.60 Å². The number of hydrogen-bond donors (Lipinski definition) is 3. The molecule has 3 N–H and O–H groups in total. The third-order valence-corrected chi connectivity index (χ3v) is 5.72. The number of piperidine rings is 1. The van der Waals surface area contributed by atoms with Crippen molar-refractivity contribution in [3.63, 3.8) is 0 Å². The summed E-state index contributed by atoms with van der Waals surface area (Å²) in [5, 5.41) is 19.4. The Morgan fingerprint density at radius 2 is 2.25 bits per heavy atom. The van der Waals surface area contributed by atoms with E-state index in [0.717, 1.165) is 30.5 Å². The van der Waals surface area contributed by atoms with Gasteiger partial charge in [-0.15, -0.1) is 11.3 Å². The zero-order valence-corrected chi connectivity index (χ0v) is 16.0. The Kier molecular flexibility index (Phi) is 7.52. The van der Waals surface area contributed by atoms with E-state index >= 15 is 0 Å². The minimum atomic E-state index is -0.920. The molecule has 136 valence electrons. The fraction of sp³-hybridized carbons (Fsp3) is 0.722. The molecule has 0 radical (unpaired) electrons. The van der Waals surface area contributed by atoms with Crippen LogP contribution in [-0.4, -0.2) is 54.7 Å². The van der Waals surface area contributed by atoms with E-state index in [0.29, 0.717) is 12.6 Å². The summed E-state index contributed by atoms with van der Waals surface area (Å²) < 4.78 is 0. The topological polar surface area (TPSA) is 59.9 Å². The number of rotatable bonds is 7. The first-order valence-corrected chi connectivity index (χ1v) is 9.97. The second-order valence-corrected chi connectivity index (χ2v) is 7.55. The van der Waals surface area contributed by atoms with Crippen LogP contribution in [-0.2, 0) is 5.60 Å². The van der Waals surface area contributed by atoms with Gasteiger partial charge in [0.15, 0.2) is 5.96 Å². The molecule has 24 heavy (non-hydrogen) atoms. The monoisotopic (exact) mass is 352 g/mol. The SMILES string of the molecule is CCNC(=NCC(C)(O)c1cccs1)NCC1CCCCN1CC. The van der Waals surface area contributed by atoms with Gasteiger partial charge < -0.3 is 15.7 Å². The Bertz CT molecular complexity index is 501. The molecule has 1 aromatic rings. The molecular formula is C18H32N4OS. The van der Waals surface area contributed by atoms with E-state index in [1.165, 1.54) is 25.8 Å². The number of likely N-dealkylation sites (N-methyl/N-ethyl adjacent to an activating group) is 1. The maximum Gasteiger partial charge on any atom is 0.191 e. The summed E-state index contributed by atoms with van der Waals surface area (Å²) in [5.74, 6) is 0.788. The van der Waals surface area contributed by atoms with Gasteiger partial charge in [0, 0.05) is 24.0 Å². The van der Waals surface area contributed by atoms with Crippen LogP contribution in [0.3, 0.4) is 0 Å². The van der Waals surface area contributed by atoms with E-state index < -0.39 is 5.60 Å². The lowest BCUT2D eigenvalue weighted by atomic mass is 10.0. The van der Waals surface area contributed by atoms with Crippen molar-refractivity contribution in [2.45, 2.75) is 51.7 Å². The van der Waals surface area contributed by atoms with Gasteiger partial charge in [-0.3, -0.25) is 4.90 Å². The summed E-state index contributed by atoms with van der Waals surface area (Å²) in [6, 6.07) is 4.50. The van der Waals surface area contributed by atoms with Gasteiger partial charge in [0.2, 0.25) is 0 Å². The van der Waals surface area contributed by atoms with Crippen LogP contribution in [0.1, 0.15) is 44.9 Å². The summed E-state index contributed by atoms with van der Waals surface area (Å²) in [6.07, 6.45) is 3.86. The Hall–Kier alpha value is -1.11. The lowest BCUT2D eigenvalue weighted by Gasteiger charge is -2.35. The Balaban J connectivity index is 1.93. The smallest absolute Gasteiger partial charge is 0.191 e. The third-order valence-electron chi connectivity index (χ3n) is 4.60. The van der Waals surface area contributed by atoms with Crippen LogP contribution >= 0.6 is 11.3 Å². The number of likely N-dealkylation sites (tertiary alicyclic amines) is 1. The fourth-order valence-electron chi connectivity index (χ4n) is 3.16. The minimum Gasteiger partial charge on any atom is -0.383 e. The highest BCUT2D eigenvalue weighted by atomic mass is 32.1. The van der Waals surface area contributed by atoms with Crippen molar-refractivity contribution >= 4 is 17.3 Å². The summed E-state index contributed by atoms with van der Waals surface area (Å²) in [7, 11) is 0. The van der Waals surface area contributed by atoms with Crippen molar-refractivity contribution in [2.75, 3.05) is 32.7 Å². The van der Waals surface area contributed by atoms with E-state index in [1.54, 1.807) is 11.3 Å². The zero-order chi connectivity index (χ0) is 17.4. The fourth-order valence-corrected chi connectivity index (χ4v) is 3.94. The molecule has 0 amide bonds. The highest BCUT2D eigenvalue weighted by molar-refractivity contribution is 7.10. The molecule has 2 heterocycles. The molecule has 5 nitrogen and oxygen atoms in total. The molecule has 0 aliphatic carbocycles. The van der Waals surface area contributed by atoms with Crippen molar-refractivity contribution in [1.29, 1.82) is 0 Å². The third kappa shape index (κ3) is 5.46. The lowest BCUT2D eigenvalue weighted by Crippen LogP contribution is -2.49. The summed E-state index contributed by atoms with van der Waals surface area (Å²) >= 11 is 1.57. The number of aliphatic hydroxyl groups is 1. The second-order valence-electron chi connectivity index (χ2n) is 6.61. The van der Waals surface area contributed by atoms with Crippen LogP contribution in [0.5, 0.6) is 0 Å². The number of guanidine groups is 1. The molecule has 0 saturated carbocycles. The highest BCUT2D eigenvalue weighted by Crippen LogP contribution is 2.25. The van der Waals surface area contributed by atoms with Crippen molar-refractivity contribution in [3.8, 4) is 0 Å². The lowest BCUT2D eigenvalue weighted by molar-refractivity contribution is 0.0711. The Morgan fingerprint density at radius 3 is 2.92 bits per heavy atom. The normalized spacial score (nSPS) is 22.2. The van der Waals surface area contributed by atoms with Crippen LogP contribution < -0.4 is 10.6 Å². The van der Waals surface area contributed by atoms with Crippen molar-refractivity contribution < 1.29 is 5.11 Å². The number of nitrogens with zero attached hydrogens (tertiary/aromatic N) is 2. The van der Waals surface area contributed by atoms with E-state index in [2.05, 4.69) is 34.4 Å². The molecule has 2 unspecified atom stereocenters. The highest BCUT2D eigenvalue weighted by Gasteiger charge is 2.24. The van der Waals surface area contributed by atoms with Crippen LogP contribution in [0.2, 0.25) is 0 Å². The second kappa shape index (κ2) is 9.39. The van der Waals surface area contributed by atoms with Gasteiger partial charge >= 0.3 is 0 Å². The molecule has 0 bridgehead atoms. The zero-order valence-electron chi connectivity index (χ0n) is 15.2. The predicted octanol–water partition coefficient (Wildman–Crippen LogP) is 2.39. The first-order valence-electron chi connectivity index (χ1n) is 9.09. The molecular weight excluding hydrogens is 320 g/mol. The molecule has 2 atom stereocenters. The van der Waals surface area contributed by atoms with Gasteiger partial charge in [-0.1, -0.05) is 19.4 Å². The van der Waals surface area contributed by atoms with E-state index in [1.807, 2.05) is 24.4 Å². The first kappa shape index (κ1) is 19.2. The summed E-state index contributed by atoms with van der Waals surface area (Å²) in [4.78, 5) is 8.10. The number of aliphatic imine (C=N–C) groups is 1.